The lowest BCUT2D eigenvalue weighted by atomic mass is 10.2. The van der Waals surface area contributed by atoms with Crippen LogP contribution in [0.3, 0.4) is 0 Å². The molecule has 2 N–H and O–H groups in total. The van der Waals surface area contributed by atoms with Crippen molar-refractivity contribution in [1.82, 2.24) is 9.97 Å². The third kappa shape index (κ3) is 3.46. The van der Waals surface area contributed by atoms with E-state index < -0.39 is 6.43 Å². The summed E-state index contributed by atoms with van der Waals surface area (Å²) >= 11 is 0. The van der Waals surface area contributed by atoms with E-state index in [4.69, 9.17) is 0 Å². The van der Waals surface area contributed by atoms with Gasteiger partial charge in [-0.15, -0.1) is 0 Å². The third-order valence-electron chi connectivity index (χ3n) is 3.09. The first-order valence-corrected chi connectivity index (χ1v) is 6.81. The van der Waals surface area contributed by atoms with Crippen LogP contribution in [-0.2, 0) is 0 Å². The fourth-order valence-corrected chi connectivity index (χ4v) is 2.03. The normalized spacial score (nSPS) is 10.9. The summed E-state index contributed by atoms with van der Waals surface area (Å²) in [6.07, 6.45) is -0.618. The molecule has 6 heteroatoms. The molecule has 3 rings (SSSR count). The highest BCUT2D eigenvalue weighted by Gasteiger charge is 2.03. The summed E-state index contributed by atoms with van der Waals surface area (Å²) in [5.74, 6) is 0.493. The fourth-order valence-electron chi connectivity index (χ4n) is 2.03. The molecule has 0 aliphatic rings. The summed E-state index contributed by atoms with van der Waals surface area (Å²) in [7, 11) is 0. The highest BCUT2D eigenvalue weighted by Crippen LogP contribution is 2.18. The second kappa shape index (κ2) is 6.34. The van der Waals surface area contributed by atoms with E-state index in [2.05, 4.69) is 20.6 Å². The van der Waals surface area contributed by atoms with Crippen LogP contribution in [-0.4, -0.2) is 22.9 Å². The summed E-state index contributed by atoms with van der Waals surface area (Å²) in [6, 6.07) is 14.7. The Kier molecular flexibility index (Phi) is 4.09. The first-order chi connectivity index (χ1) is 10.7. The van der Waals surface area contributed by atoms with Crippen LogP contribution < -0.4 is 10.6 Å². The maximum atomic E-state index is 12.1. The number of aromatic nitrogens is 2. The van der Waals surface area contributed by atoms with Gasteiger partial charge < -0.3 is 10.6 Å². The van der Waals surface area contributed by atoms with E-state index in [1.165, 1.54) is 0 Å². The van der Waals surface area contributed by atoms with Gasteiger partial charge in [-0.1, -0.05) is 18.2 Å². The molecule has 112 valence electrons. The monoisotopic (exact) mass is 300 g/mol. The number of hydrogen-bond acceptors (Lipinski definition) is 4. The zero-order valence-electron chi connectivity index (χ0n) is 11.6. The maximum Gasteiger partial charge on any atom is 0.255 e. The van der Waals surface area contributed by atoms with E-state index in [9.17, 15) is 8.78 Å². The van der Waals surface area contributed by atoms with Crippen LogP contribution in [0.2, 0.25) is 0 Å². The first kappa shape index (κ1) is 14.2. The summed E-state index contributed by atoms with van der Waals surface area (Å²) in [5, 5.41) is 6.71. The Morgan fingerprint density at radius 3 is 2.45 bits per heavy atom. The minimum absolute atomic E-state index is 0.361. The number of nitrogens with one attached hydrogen (secondary N) is 2. The lowest BCUT2D eigenvalue weighted by Gasteiger charge is -2.08. The van der Waals surface area contributed by atoms with Gasteiger partial charge in [-0.3, -0.25) is 0 Å². The van der Waals surface area contributed by atoms with Crippen LogP contribution in [0.4, 0.5) is 26.1 Å². The molecule has 0 amide bonds. The molecular formula is C16H14F2N4. The summed E-state index contributed by atoms with van der Waals surface area (Å²) in [6.45, 7) is -0.361. The van der Waals surface area contributed by atoms with Crippen LogP contribution in [0, 0.1) is 0 Å². The Bertz CT molecular complexity index is 759. The van der Waals surface area contributed by atoms with Crippen LogP contribution in [0.5, 0.6) is 0 Å². The van der Waals surface area contributed by atoms with Crippen molar-refractivity contribution in [2.75, 3.05) is 17.2 Å². The van der Waals surface area contributed by atoms with Gasteiger partial charge in [-0.25, -0.2) is 18.7 Å². The number of alkyl halides is 2. The molecule has 0 saturated carbocycles. The molecule has 22 heavy (non-hydrogen) atoms. The van der Waals surface area contributed by atoms with Crippen molar-refractivity contribution in [3.05, 3.63) is 54.7 Å². The number of halogens is 2. The van der Waals surface area contributed by atoms with Gasteiger partial charge in [0.25, 0.3) is 6.43 Å². The number of rotatable bonds is 5. The molecule has 0 unspecified atom stereocenters. The predicted molar refractivity (Wildman–Crippen MR) is 83.8 cm³/mol. The second-order valence-corrected chi connectivity index (χ2v) is 4.73. The topological polar surface area (TPSA) is 49.8 Å². The molecule has 0 aliphatic heterocycles. The van der Waals surface area contributed by atoms with Crippen molar-refractivity contribution < 1.29 is 8.78 Å². The Hall–Kier alpha value is -2.76. The molecule has 1 heterocycles. The van der Waals surface area contributed by atoms with E-state index in [0.29, 0.717) is 11.6 Å². The van der Waals surface area contributed by atoms with E-state index in [1.807, 2.05) is 24.3 Å². The van der Waals surface area contributed by atoms with Crippen LogP contribution in [0.25, 0.3) is 10.9 Å². The molecule has 0 radical (unpaired) electrons. The van der Waals surface area contributed by atoms with Gasteiger partial charge >= 0.3 is 0 Å². The maximum absolute atomic E-state index is 12.1. The van der Waals surface area contributed by atoms with E-state index in [-0.39, 0.29) is 6.54 Å². The Morgan fingerprint density at radius 1 is 0.955 bits per heavy atom. The summed E-state index contributed by atoms with van der Waals surface area (Å²) < 4.78 is 24.2. The average Bonchev–Trinajstić information content (AvgIpc) is 2.54. The van der Waals surface area contributed by atoms with Crippen LogP contribution in [0.15, 0.2) is 54.7 Å². The molecule has 4 nitrogen and oxygen atoms in total. The Balaban J connectivity index is 1.71. The number of hydrogen-bond donors (Lipinski definition) is 2. The molecule has 3 aromatic rings. The number of para-hydroxylation sites is 1. The van der Waals surface area contributed by atoms with Gasteiger partial charge in [0.05, 0.1) is 12.1 Å². The SMILES string of the molecule is FC(F)CNc1ccc(Nc2ncc3ccccc3n2)cc1. The van der Waals surface area contributed by atoms with Gasteiger partial charge in [0.1, 0.15) is 0 Å². The summed E-state index contributed by atoms with van der Waals surface area (Å²) in [5.41, 5.74) is 2.29. The van der Waals surface area contributed by atoms with E-state index in [0.717, 1.165) is 16.6 Å². The van der Waals surface area contributed by atoms with Crippen LogP contribution >= 0.6 is 0 Å². The molecule has 0 bridgehead atoms. The van der Waals surface area contributed by atoms with Gasteiger partial charge in [-0.05, 0) is 30.3 Å². The first-order valence-electron chi connectivity index (χ1n) is 6.81. The van der Waals surface area contributed by atoms with Crippen molar-refractivity contribution >= 4 is 28.2 Å². The van der Waals surface area contributed by atoms with Crippen molar-refractivity contribution in [2.24, 2.45) is 0 Å². The second-order valence-electron chi connectivity index (χ2n) is 4.73. The van der Waals surface area contributed by atoms with E-state index in [1.54, 1.807) is 30.5 Å². The Morgan fingerprint density at radius 2 is 1.68 bits per heavy atom. The fraction of sp³-hybridized carbons (Fsp3) is 0.125. The molecule has 2 aromatic carbocycles. The highest BCUT2D eigenvalue weighted by molar-refractivity contribution is 5.78. The quantitative estimate of drug-likeness (QED) is 0.746. The molecule has 1 aromatic heterocycles. The standard InChI is InChI=1S/C16H14F2N4/c17-15(18)10-19-12-5-7-13(8-6-12)21-16-20-9-11-3-1-2-4-14(11)22-16/h1-9,15,19H,10H2,(H,20,21,22). The number of anilines is 3. The van der Waals surface area contributed by atoms with E-state index >= 15 is 0 Å². The highest BCUT2D eigenvalue weighted by atomic mass is 19.3. The molecular weight excluding hydrogens is 286 g/mol. The lowest BCUT2D eigenvalue weighted by Crippen LogP contribution is -2.09. The molecule has 0 fully saturated rings. The predicted octanol–water partition coefficient (Wildman–Crippen LogP) is 4.05. The van der Waals surface area contributed by atoms with Gasteiger partial charge in [0.15, 0.2) is 0 Å². The van der Waals surface area contributed by atoms with Crippen molar-refractivity contribution in [3.63, 3.8) is 0 Å². The zero-order chi connectivity index (χ0) is 15.4. The number of fused-ring (bicyclic) bond motifs is 1. The van der Waals surface area contributed by atoms with Crippen molar-refractivity contribution in [1.29, 1.82) is 0 Å². The molecule has 0 saturated heterocycles. The zero-order valence-corrected chi connectivity index (χ0v) is 11.6. The minimum atomic E-state index is -2.37. The lowest BCUT2D eigenvalue weighted by molar-refractivity contribution is 0.163. The molecule has 0 aliphatic carbocycles. The molecule has 0 spiro atoms. The largest absolute Gasteiger partial charge is 0.379 e. The smallest absolute Gasteiger partial charge is 0.255 e. The molecule has 0 atom stereocenters. The number of nitrogens with zero attached hydrogens (tertiary/aromatic N) is 2. The van der Waals surface area contributed by atoms with Gasteiger partial charge in [0.2, 0.25) is 5.95 Å². The van der Waals surface area contributed by atoms with Crippen LogP contribution in [0.1, 0.15) is 0 Å². The van der Waals surface area contributed by atoms with Gasteiger partial charge in [0, 0.05) is 23.0 Å². The third-order valence-corrected chi connectivity index (χ3v) is 3.09. The van der Waals surface area contributed by atoms with Crippen molar-refractivity contribution in [3.8, 4) is 0 Å². The average molecular weight is 300 g/mol. The van der Waals surface area contributed by atoms with Crippen molar-refractivity contribution in [2.45, 2.75) is 6.43 Å². The van der Waals surface area contributed by atoms with Gasteiger partial charge in [-0.2, -0.15) is 0 Å². The number of benzene rings is 2. The minimum Gasteiger partial charge on any atom is -0.379 e. The summed E-state index contributed by atoms with van der Waals surface area (Å²) in [4.78, 5) is 8.66. The Labute approximate surface area is 126 Å².